The van der Waals surface area contributed by atoms with Gasteiger partial charge in [-0.15, -0.1) is 12.4 Å². The Kier molecular flexibility index (Phi) is 6.32. The molecule has 0 saturated carbocycles. The zero-order chi connectivity index (χ0) is 13.0. The van der Waals surface area contributed by atoms with E-state index in [9.17, 15) is 4.79 Å². The highest BCUT2D eigenvalue weighted by Gasteiger charge is 2.25. The van der Waals surface area contributed by atoms with Gasteiger partial charge < -0.3 is 10.2 Å². The molecule has 1 aliphatic heterocycles. The Balaban J connectivity index is 0.00000180. The van der Waals surface area contributed by atoms with Crippen molar-refractivity contribution in [3.8, 4) is 0 Å². The first-order valence-electron chi connectivity index (χ1n) is 6.73. The molecular formula is C15H23ClN2O. The Morgan fingerprint density at radius 3 is 2.68 bits per heavy atom. The number of hydrogen-bond acceptors (Lipinski definition) is 2. The summed E-state index contributed by atoms with van der Waals surface area (Å²) in [4.78, 5) is 14.2. The fourth-order valence-electron chi connectivity index (χ4n) is 2.41. The zero-order valence-corrected chi connectivity index (χ0v) is 12.5. The molecule has 0 spiro atoms. The van der Waals surface area contributed by atoms with Crippen molar-refractivity contribution in [3.05, 3.63) is 35.9 Å². The van der Waals surface area contributed by atoms with Gasteiger partial charge in [-0.1, -0.05) is 30.3 Å². The van der Waals surface area contributed by atoms with Gasteiger partial charge in [-0.3, -0.25) is 4.79 Å². The molecule has 19 heavy (non-hydrogen) atoms. The second-order valence-corrected chi connectivity index (χ2v) is 5.19. The number of halogens is 1. The SMILES string of the molecule is CC1CN(C(=O)CCc2ccccc2)C(C)CN1.Cl. The molecule has 1 heterocycles. The molecule has 1 aromatic rings. The Morgan fingerprint density at radius 1 is 1.32 bits per heavy atom. The maximum atomic E-state index is 12.2. The maximum Gasteiger partial charge on any atom is 0.223 e. The summed E-state index contributed by atoms with van der Waals surface area (Å²) in [7, 11) is 0. The molecule has 1 N–H and O–H groups in total. The third-order valence-corrected chi connectivity index (χ3v) is 3.56. The number of piperazine rings is 1. The molecule has 2 atom stereocenters. The molecule has 4 heteroatoms. The molecule has 1 aromatic carbocycles. The number of nitrogens with zero attached hydrogens (tertiary/aromatic N) is 1. The molecule has 2 rings (SSSR count). The Labute approximate surface area is 121 Å². The summed E-state index contributed by atoms with van der Waals surface area (Å²) in [6, 6.07) is 10.9. The van der Waals surface area contributed by atoms with Crippen molar-refractivity contribution in [1.82, 2.24) is 10.2 Å². The first-order valence-corrected chi connectivity index (χ1v) is 6.73. The highest BCUT2D eigenvalue weighted by molar-refractivity contribution is 5.85. The minimum atomic E-state index is 0. The highest BCUT2D eigenvalue weighted by Crippen LogP contribution is 2.11. The van der Waals surface area contributed by atoms with E-state index >= 15 is 0 Å². The van der Waals surface area contributed by atoms with Crippen LogP contribution in [0.15, 0.2) is 30.3 Å². The van der Waals surface area contributed by atoms with Crippen LogP contribution in [0.5, 0.6) is 0 Å². The van der Waals surface area contributed by atoms with Crippen molar-refractivity contribution in [2.24, 2.45) is 0 Å². The van der Waals surface area contributed by atoms with Crippen molar-refractivity contribution < 1.29 is 4.79 Å². The topological polar surface area (TPSA) is 32.3 Å². The summed E-state index contributed by atoms with van der Waals surface area (Å²) in [5, 5.41) is 3.40. The van der Waals surface area contributed by atoms with Crippen LogP contribution in [0.3, 0.4) is 0 Å². The summed E-state index contributed by atoms with van der Waals surface area (Å²) in [5.41, 5.74) is 1.24. The Bertz CT molecular complexity index is 396. The van der Waals surface area contributed by atoms with E-state index in [1.165, 1.54) is 5.56 Å². The first-order chi connectivity index (χ1) is 8.66. The van der Waals surface area contributed by atoms with Crippen LogP contribution in [0.25, 0.3) is 0 Å². The van der Waals surface area contributed by atoms with Crippen LogP contribution in [0.4, 0.5) is 0 Å². The maximum absolute atomic E-state index is 12.2. The number of benzene rings is 1. The lowest BCUT2D eigenvalue weighted by Gasteiger charge is -2.37. The molecule has 0 bridgehead atoms. The van der Waals surface area contributed by atoms with Crippen molar-refractivity contribution in [2.45, 2.75) is 38.8 Å². The van der Waals surface area contributed by atoms with Crippen LogP contribution in [-0.2, 0) is 11.2 Å². The number of nitrogens with one attached hydrogen (secondary N) is 1. The zero-order valence-electron chi connectivity index (χ0n) is 11.6. The first kappa shape index (κ1) is 16.0. The molecule has 3 nitrogen and oxygen atoms in total. The van der Waals surface area contributed by atoms with Crippen molar-refractivity contribution in [1.29, 1.82) is 0 Å². The summed E-state index contributed by atoms with van der Waals surface area (Å²) >= 11 is 0. The van der Waals surface area contributed by atoms with E-state index in [0.717, 1.165) is 19.5 Å². The van der Waals surface area contributed by atoms with E-state index in [-0.39, 0.29) is 18.3 Å². The molecule has 1 fully saturated rings. The molecule has 0 radical (unpaired) electrons. The van der Waals surface area contributed by atoms with Crippen LogP contribution in [0, 0.1) is 0 Å². The van der Waals surface area contributed by atoms with E-state index in [2.05, 4.69) is 31.3 Å². The average Bonchev–Trinajstić information content (AvgIpc) is 2.40. The summed E-state index contributed by atoms with van der Waals surface area (Å²) < 4.78 is 0. The Hall–Kier alpha value is -1.06. The van der Waals surface area contributed by atoms with Gasteiger partial charge in [0.2, 0.25) is 5.91 Å². The van der Waals surface area contributed by atoms with Crippen molar-refractivity contribution in [2.75, 3.05) is 13.1 Å². The van der Waals surface area contributed by atoms with Gasteiger partial charge in [0.1, 0.15) is 0 Å². The van der Waals surface area contributed by atoms with Crippen molar-refractivity contribution in [3.63, 3.8) is 0 Å². The van der Waals surface area contributed by atoms with Gasteiger partial charge in [0.15, 0.2) is 0 Å². The lowest BCUT2D eigenvalue weighted by Crippen LogP contribution is -2.56. The quantitative estimate of drug-likeness (QED) is 0.922. The molecule has 106 valence electrons. The van der Waals surface area contributed by atoms with Gasteiger partial charge >= 0.3 is 0 Å². The number of aryl methyl sites for hydroxylation is 1. The second kappa shape index (κ2) is 7.51. The standard InChI is InChI=1S/C15H22N2O.ClH/c1-12-11-17(13(2)10-16-12)15(18)9-8-14-6-4-3-5-7-14;/h3-7,12-13,16H,8-11H2,1-2H3;1H. The summed E-state index contributed by atoms with van der Waals surface area (Å²) in [6.45, 7) is 5.97. The van der Waals surface area contributed by atoms with Crippen LogP contribution >= 0.6 is 12.4 Å². The lowest BCUT2D eigenvalue weighted by atomic mass is 10.1. The van der Waals surface area contributed by atoms with Crippen LogP contribution in [0.1, 0.15) is 25.8 Å². The molecule has 1 aliphatic rings. The van der Waals surface area contributed by atoms with E-state index in [0.29, 0.717) is 18.5 Å². The van der Waals surface area contributed by atoms with Gasteiger partial charge in [0, 0.05) is 31.6 Å². The number of rotatable bonds is 3. The minimum absolute atomic E-state index is 0. The molecule has 0 aliphatic carbocycles. The van der Waals surface area contributed by atoms with Gasteiger partial charge in [-0.2, -0.15) is 0 Å². The van der Waals surface area contributed by atoms with Crippen LogP contribution < -0.4 is 5.32 Å². The molecular weight excluding hydrogens is 260 g/mol. The number of hydrogen-bond donors (Lipinski definition) is 1. The highest BCUT2D eigenvalue weighted by atomic mass is 35.5. The van der Waals surface area contributed by atoms with Gasteiger partial charge in [0.25, 0.3) is 0 Å². The average molecular weight is 283 g/mol. The monoisotopic (exact) mass is 282 g/mol. The Morgan fingerprint density at radius 2 is 2.00 bits per heavy atom. The third-order valence-electron chi connectivity index (χ3n) is 3.56. The normalized spacial score (nSPS) is 22.7. The number of carbonyl (C=O) groups excluding carboxylic acids is 1. The van der Waals surface area contributed by atoms with Crippen molar-refractivity contribution >= 4 is 18.3 Å². The fourth-order valence-corrected chi connectivity index (χ4v) is 2.41. The lowest BCUT2D eigenvalue weighted by molar-refractivity contribution is -0.134. The number of amides is 1. The van der Waals surface area contributed by atoms with E-state index in [1.54, 1.807) is 0 Å². The van der Waals surface area contributed by atoms with E-state index in [4.69, 9.17) is 0 Å². The summed E-state index contributed by atoms with van der Waals surface area (Å²) in [6.07, 6.45) is 1.45. The molecule has 1 saturated heterocycles. The van der Waals surface area contributed by atoms with Gasteiger partial charge in [-0.05, 0) is 25.8 Å². The van der Waals surface area contributed by atoms with E-state index < -0.39 is 0 Å². The molecule has 1 amide bonds. The third kappa shape index (κ3) is 4.51. The minimum Gasteiger partial charge on any atom is -0.337 e. The van der Waals surface area contributed by atoms with Gasteiger partial charge in [-0.25, -0.2) is 0 Å². The summed E-state index contributed by atoms with van der Waals surface area (Å²) in [5.74, 6) is 0.278. The largest absolute Gasteiger partial charge is 0.337 e. The van der Waals surface area contributed by atoms with Crippen LogP contribution in [0.2, 0.25) is 0 Å². The molecule has 0 aromatic heterocycles. The van der Waals surface area contributed by atoms with E-state index in [1.807, 2.05) is 23.1 Å². The predicted molar refractivity (Wildman–Crippen MR) is 80.7 cm³/mol. The predicted octanol–water partition coefficient (Wildman–Crippen LogP) is 2.25. The molecule has 2 unspecified atom stereocenters. The van der Waals surface area contributed by atoms with Crippen LogP contribution in [-0.4, -0.2) is 36.0 Å². The second-order valence-electron chi connectivity index (χ2n) is 5.19. The fraction of sp³-hybridized carbons (Fsp3) is 0.533. The number of carbonyl (C=O) groups is 1. The smallest absolute Gasteiger partial charge is 0.223 e. The van der Waals surface area contributed by atoms with Gasteiger partial charge in [0.05, 0.1) is 0 Å².